The summed E-state index contributed by atoms with van der Waals surface area (Å²) < 4.78 is 0. The molecule has 1 aliphatic heterocycles. The summed E-state index contributed by atoms with van der Waals surface area (Å²) in [7, 11) is 0. The Morgan fingerprint density at radius 2 is 2.17 bits per heavy atom. The van der Waals surface area contributed by atoms with Crippen molar-refractivity contribution in [2.24, 2.45) is 0 Å². The molecule has 0 spiro atoms. The van der Waals surface area contributed by atoms with Crippen LogP contribution in [0.4, 0.5) is 0 Å². The number of piperidine rings is 1. The zero-order valence-corrected chi connectivity index (χ0v) is 7.11. The zero-order chi connectivity index (χ0) is 8.23. The van der Waals surface area contributed by atoms with Crippen LogP contribution in [-0.4, -0.2) is 27.6 Å². The van der Waals surface area contributed by atoms with Crippen LogP contribution in [0.2, 0.25) is 0 Å². The van der Waals surface area contributed by atoms with Crippen LogP contribution in [0.3, 0.4) is 0 Å². The summed E-state index contributed by atoms with van der Waals surface area (Å²) in [6.45, 7) is 2.05. The highest BCUT2D eigenvalue weighted by molar-refractivity contribution is 4.72. The van der Waals surface area contributed by atoms with Crippen molar-refractivity contribution < 1.29 is 0 Å². The summed E-state index contributed by atoms with van der Waals surface area (Å²) in [5.74, 6) is 0. The lowest BCUT2D eigenvalue weighted by Gasteiger charge is -2.22. The zero-order valence-electron chi connectivity index (χ0n) is 7.11. The lowest BCUT2D eigenvalue weighted by molar-refractivity contribution is 0.335. The Kier molecular flexibility index (Phi) is 2.36. The number of aromatic nitrogens is 3. The van der Waals surface area contributed by atoms with Crippen LogP contribution in [0.15, 0.2) is 12.4 Å². The Morgan fingerprint density at radius 3 is 2.83 bits per heavy atom. The monoisotopic (exact) mass is 166 g/mol. The molecule has 0 bridgehead atoms. The molecule has 1 saturated heterocycles. The normalized spacial score (nSPS) is 24.2. The Balaban J connectivity index is 1.86. The number of nitrogens with zero attached hydrogens (tertiary/aromatic N) is 3. The van der Waals surface area contributed by atoms with Gasteiger partial charge in [0.15, 0.2) is 0 Å². The van der Waals surface area contributed by atoms with Gasteiger partial charge in [-0.15, -0.1) is 0 Å². The minimum atomic E-state index is 0.575. The third-order valence-electron chi connectivity index (χ3n) is 2.26. The van der Waals surface area contributed by atoms with E-state index in [1.165, 1.54) is 19.3 Å². The van der Waals surface area contributed by atoms with Crippen LogP contribution < -0.4 is 5.32 Å². The van der Waals surface area contributed by atoms with Gasteiger partial charge in [0, 0.05) is 6.04 Å². The molecule has 12 heavy (non-hydrogen) atoms. The fourth-order valence-electron chi connectivity index (χ4n) is 1.61. The Labute approximate surface area is 72.0 Å². The molecule has 1 aromatic rings. The highest BCUT2D eigenvalue weighted by atomic mass is 15.5. The summed E-state index contributed by atoms with van der Waals surface area (Å²) >= 11 is 0. The van der Waals surface area contributed by atoms with Gasteiger partial charge in [-0.05, 0) is 19.4 Å². The molecule has 1 aliphatic rings. The fraction of sp³-hybridized carbons (Fsp3) is 0.750. The number of nitrogens with one attached hydrogen (secondary N) is 1. The molecule has 1 fully saturated rings. The lowest BCUT2D eigenvalue weighted by atomic mass is 10.1. The topological polar surface area (TPSA) is 42.7 Å². The average molecular weight is 166 g/mol. The second kappa shape index (κ2) is 3.67. The predicted octanol–water partition coefficient (Wildman–Crippen LogP) is 0.420. The van der Waals surface area contributed by atoms with E-state index in [-0.39, 0.29) is 0 Å². The summed E-state index contributed by atoms with van der Waals surface area (Å²) in [6.07, 6.45) is 7.34. The highest BCUT2D eigenvalue weighted by Crippen LogP contribution is 2.07. The first-order valence-electron chi connectivity index (χ1n) is 4.52. The molecule has 2 rings (SSSR count). The minimum absolute atomic E-state index is 0.575. The number of hydrogen-bond acceptors (Lipinski definition) is 3. The first-order chi connectivity index (χ1) is 5.95. The van der Waals surface area contributed by atoms with E-state index >= 15 is 0 Å². The fourth-order valence-corrected chi connectivity index (χ4v) is 1.61. The SMILES string of the molecule is c1cnn(C[C@@H]2CCCCN2)n1. The summed E-state index contributed by atoms with van der Waals surface area (Å²) in [5, 5.41) is 11.6. The van der Waals surface area contributed by atoms with Crippen molar-refractivity contribution in [3.63, 3.8) is 0 Å². The predicted molar refractivity (Wildman–Crippen MR) is 45.7 cm³/mol. The molecular weight excluding hydrogens is 152 g/mol. The van der Waals surface area contributed by atoms with Crippen molar-refractivity contribution in [2.45, 2.75) is 31.8 Å². The van der Waals surface area contributed by atoms with Gasteiger partial charge in [-0.1, -0.05) is 6.42 Å². The van der Waals surface area contributed by atoms with Gasteiger partial charge in [-0.2, -0.15) is 15.0 Å². The molecule has 66 valence electrons. The van der Waals surface area contributed by atoms with E-state index in [9.17, 15) is 0 Å². The largest absolute Gasteiger partial charge is 0.312 e. The summed E-state index contributed by atoms with van der Waals surface area (Å²) in [4.78, 5) is 1.75. The Bertz CT molecular complexity index is 213. The van der Waals surface area contributed by atoms with E-state index in [0.717, 1.165) is 13.1 Å². The van der Waals surface area contributed by atoms with E-state index < -0.39 is 0 Å². The van der Waals surface area contributed by atoms with Gasteiger partial charge < -0.3 is 5.32 Å². The number of hydrogen-bond donors (Lipinski definition) is 1. The molecule has 4 nitrogen and oxygen atoms in total. The molecule has 1 aromatic heterocycles. The molecule has 4 heteroatoms. The second-order valence-corrected chi connectivity index (χ2v) is 3.23. The van der Waals surface area contributed by atoms with Crippen molar-refractivity contribution in [1.82, 2.24) is 20.3 Å². The van der Waals surface area contributed by atoms with Gasteiger partial charge >= 0.3 is 0 Å². The van der Waals surface area contributed by atoms with Gasteiger partial charge in [0.2, 0.25) is 0 Å². The van der Waals surface area contributed by atoms with Crippen molar-refractivity contribution in [3.05, 3.63) is 12.4 Å². The van der Waals surface area contributed by atoms with Gasteiger partial charge in [0.25, 0.3) is 0 Å². The summed E-state index contributed by atoms with van der Waals surface area (Å²) in [6, 6.07) is 0.575. The van der Waals surface area contributed by atoms with E-state index in [1.807, 2.05) is 0 Å². The molecule has 0 amide bonds. The molecule has 1 atom stereocenters. The van der Waals surface area contributed by atoms with Crippen LogP contribution in [0.5, 0.6) is 0 Å². The molecule has 0 aromatic carbocycles. The molecule has 1 N–H and O–H groups in total. The molecule has 0 saturated carbocycles. The first-order valence-corrected chi connectivity index (χ1v) is 4.52. The van der Waals surface area contributed by atoms with E-state index in [0.29, 0.717) is 6.04 Å². The van der Waals surface area contributed by atoms with Crippen molar-refractivity contribution in [2.75, 3.05) is 6.54 Å². The van der Waals surface area contributed by atoms with E-state index in [4.69, 9.17) is 0 Å². The second-order valence-electron chi connectivity index (χ2n) is 3.23. The van der Waals surface area contributed by atoms with Crippen LogP contribution >= 0.6 is 0 Å². The molecular formula is C8H14N4. The van der Waals surface area contributed by atoms with Crippen molar-refractivity contribution >= 4 is 0 Å². The van der Waals surface area contributed by atoms with Crippen LogP contribution in [0.1, 0.15) is 19.3 Å². The molecule has 0 aliphatic carbocycles. The molecule has 0 unspecified atom stereocenters. The van der Waals surface area contributed by atoms with Crippen LogP contribution in [-0.2, 0) is 6.54 Å². The van der Waals surface area contributed by atoms with E-state index in [1.54, 1.807) is 17.2 Å². The number of rotatable bonds is 2. The Hall–Kier alpha value is -0.900. The quantitative estimate of drug-likeness (QED) is 0.692. The first kappa shape index (κ1) is 7.73. The van der Waals surface area contributed by atoms with Gasteiger partial charge in [-0.25, -0.2) is 0 Å². The van der Waals surface area contributed by atoms with Gasteiger partial charge in [-0.3, -0.25) is 0 Å². The third kappa shape index (κ3) is 1.82. The van der Waals surface area contributed by atoms with Crippen molar-refractivity contribution in [1.29, 1.82) is 0 Å². The lowest BCUT2D eigenvalue weighted by Crippen LogP contribution is -2.37. The maximum absolute atomic E-state index is 4.08. The van der Waals surface area contributed by atoms with Crippen molar-refractivity contribution in [3.8, 4) is 0 Å². The smallest absolute Gasteiger partial charge is 0.0760 e. The molecule has 2 heterocycles. The van der Waals surface area contributed by atoms with Gasteiger partial charge in [0.1, 0.15) is 0 Å². The highest BCUT2D eigenvalue weighted by Gasteiger charge is 2.12. The summed E-state index contributed by atoms with van der Waals surface area (Å²) in [5.41, 5.74) is 0. The third-order valence-corrected chi connectivity index (χ3v) is 2.26. The van der Waals surface area contributed by atoms with Crippen LogP contribution in [0, 0.1) is 0 Å². The maximum atomic E-state index is 4.08. The van der Waals surface area contributed by atoms with E-state index in [2.05, 4.69) is 15.5 Å². The minimum Gasteiger partial charge on any atom is -0.312 e. The molecule has 0 radical (unpaired) electrons. The standard InChI is InChI=1S/C8H14N4/c1-2-4-9-8(3-1)7-12-10-5-6-11-12/h5-6,8-9H,1-4,7H2/t8-/m0/s1. The van der Waals surface area contributed by atoms with Gasteiger partial charge in [0.05, 0.1) is 18.9 Å². The Morgan fingerprint density at radius 1 is 1.33 bits per heavy atom. The average Bonchev–Trinajstić information content (AvgIpc) is 2.59. The van der Waals surface area contributed by atoms with Crippen LogP contribution in [0.25, 0.3) is 0 Å². The maximum Gasteiger partial charge on any atom is 0.0760 e.